The van der Waals surface area contributed by atoms with Gasteiger partial charge >= 0.3 is 0 Å². The molecule has 0 aliphatic rings. The predicted octanol–water partition coefficient (Wildman–Crippen LogP) is 3.66. The third-order valence-electron chi connectivity index (χ3n) is 3.48. The number of allylic oxidation sites excluding steroid dienone is 1. The first-order valence-electron chi connectivity index (χ1n) is 7.71. The van der Waals surface area contributed by atoms with Crippen molar-refractivity contribution in [3.8, 4) is 0 Å². The van der Waals surface area contributed by atoms with E-state index in [9.17, 15) is 13.2 Å². The summed E-state index contributed by atoms with van der Waals surface area (Å²) < 4.78 is 22.5. The Labute approximate surface area is 143 Å². The molecule has 0 atom stereocenters. The monoisotopic (exact) mass is 343 g/mol. The second-order valence-corrected chi connectivity index (χ2v) is 7.79. The number of sulfone groups is 1. The molecule has 0 fully saturated rings. The fourth-order valence-electron chi connectivity index (χ4n) is 2.37. The maximum absolute atomic E-state index is 12.2. The first-order chi connectivity index (χ1) is 11.4. The van der Waals surface area contributed by atoms with Crippen LogP contribution in [0.15, 0.2) is 60.7 Å². The molecule has 4 nitrogen and oxygen atoms in total. The Kier molecular flexibility index (Phi) is 5.93. The number of benzene rings is 2. The summed E-state index contributed by atoms with van der Waals surface area (Å²) in [5.74, 6) is -0.207. The third-order valence-corrected chi connectivity index (χ3v) is 4.34. The van der Waals surface area contributed by atoms with E-state index in [2.05, 4.69) is 5.32 Å². The lowest BCUT2D eigenvalue weighted by atomic mass is 10.0. The minimum atomic E-state index is -3.06. The Hall–Kier alpha value is -2.40. The Bertz CT molecular complexity index is 823. The second-order valence-electron chi connectivity index (χ2n) is 5.65. The molecule has 0 aliphatic carbocycles. The molecule has 2 aromatic rings. The van der Waals surface area contributed by atoms with Gasteiger partial charge in [-0.2, -0.15) is 0 Å². The molecule has 0 aliphatic heterocycles. The summed E-state index contributed by atoms with van der Waals surface area (Å²) in [6.45, 7) is 2.01. The van der Waals surface area contributed by atoms with Gasteiger partial charge in [0.15, 0.2) is 9.84 Å². The van der Waals surface area contributed by atoms with E-state index in [1.54, 1.807) is 30.3 Å². The van der Waals surface area contributed by atoms with E-state index < -0.39 is 9.84 Å². The number of carbonyl (C=O) groups is 1. The predicted molar refractivity (Wildman–Crippen MR) is 98.3 cm³/mol. The molecular weight excluding hydrogens is 322 g/mol. The average molecular weight is 343 g/mol. The molecule has 1 N–H and O–H groups in total. The second kappa shape index (κ2) is 7.93. The molecule has 0 saturated carbocycles. The maximum Gasteiger partial charge on any atom is 0.248 e. The lowest BCUT2D eigenvalue weighted by molar-refractivity contribution is -0.111. The van der Waals surface area contributed by atoms with E-state index in [1.165, 1.54) is 6.26 Å². The Morgan fingerprint density at radius 1 is 1.04 bits per heavy atom. The van der Waals surface area contributed by atoms with Gasteiger partial charge in [-0.05, 0) is 35.3 Å². The number of rotatable bonds is 6. The number of nitrogens with one attached hydrogen (secondary N) is 1. The van der Waals surface area contributed by atoms with Crippen molar-refractivity contribution in [2.75, 3.05) is 11.6 Å². The van der Waals surface area contributed by atoms with Gasteiger partial charge in [0.25, 0.3) is 0 Å². The van der Waals surface area contributed by atoms with Gasteiger partial charge in [0, 0.05) is 18.0 Å². The van der Waals surface area contributed by atoms with Crippen LogP contribution >= 0.6 is 0 Å². The summed E-state index contributed by atoms with van der Waals surface area (Å²) in [4.78, 5) is 12.2. The Balaban J connectivity index is 2.07. The van der Waals surface area contributed by atoms with Crippen molar-refractivity contribution in [3.63, 3.8) is 0 Å². The van der Waals surface area contributed by atoms with E-state index in [0.29, 0.717) is 11.3 Å². The van der Waals surface area contributed by atoms with Crippen LogP contribution in [0, 0.1) is 0 Å². The highest BCUT2D eigenvalue weighted by atomic mass is 32.2. The van der Waals surface area contributed by atoms with E-state index in [4.69, 9.17) is 0 Å². The van der Waals surface area contributed by atoms with Crippen molar-refractivity contribution < 1.29 is 13.2 Å². The normalized spacial score (nSPS) is 12.0. The zero-order valence-corrected chi connectivity index (χ0v) is 14.6. The number of carbonyl (C=O) groups excluding carboxylic acids is 1. The van der Waals surface area contributed by atoms with Crippen LogP contribution in [0.2, 0.25) is 0 Å². The summed E-state index contributed by atoms with van der Waals surface area (Å²) in [5, 5.41) is 2.80. The van der Waals surface area contributed by atoms with Gasteiger partial charge in [-0.25, -0.2) is 8.42 Å². The topological polar surface area (TPSA) is 63.2 Å². The highest BCUT2D eigenvalue weighted by molar-refractivity contribution is 7.89. The number of hydrogen-bond acceptors (Lipinski definition) is 3. The van der Waals surface area contributed by atoms with Crippen molar-refractivity contribution in [3.05, 3.63) is 71.8 Å². The first-order valence-corrected chi connectivity index (χ1v) is 9.77. The van der Waals surface area contributed by atoms with Crippen molar-refractivity contribution in [2.24, 2.45) is 0 Å². The molecule has 126 valence electrons. The SMILES string of the molecule is CCC(=CC(=O)Nc1ccc(CS(C)(=O)=O)cc1)c1ccccc1. The molecule has 0 aromatic heterocycles. The molecule has 0 spiro atoms. The minimum Gasteiger partial charge on any atom is -0.323 e. The summed E-state index contributed by atoms with van der Waals surface area (Å²) in [5.41, 5.74) is 3.32. The molecule has 0 unspecified atom stereocenters. The Morgan fingerprint density at radius 2 is 1.67 bits per heavy atom. The first kappa shape index (κ1) is 17.9. The zero-order chi connectivity index (χ0) is 17.6. The summed E-state index contributed by atoms with van der Waals surface area (Å²) in [6.07, 6.45) is 3.55. The van der Waals surface area contributed by atoms with E-state index in [-0.39, 0.29) is 11.7 Å². The molecule has 1 amide bonds. The highest BCUT2D eigenvalue weighted by Gasteiger charge is 2.06. The van der Waals surface area contributed by atoms with Gasteiger partial charge < -0.3 is 5.32 Å². The largest absolute Gasteiger partial charge is 0.323 e. The summed E-state index contributed by atoms with van der Waals surface area (Å²) in [7, 11) is -3.06. The molecule has 0 radical (unpaired) electrons. The zero-order valence-electron chi connectivity index (χ0n) is 13.8. The molecule has 0 heterocycles. The molecule has 24 heavy (non-hydrogen) atoms. The molecular formula is C19H21NO3S. The van der Waals surface area contributed by atoms with Gasteiger partial charge in [-0.1, -0.05) is 49.4 Å². The van der Waals surface area contributed by atoms with Gasteiger partial charge in [0.1, 0.15) is 0 Å². The highest BCUT2D eigenvalue weighted by Crippen LogP contribution is 2.18. The van der Waals surface area contributed by atoms with Crippen LogP contribution in [-0.2, 0) is 20.4 Å². The molecule has 5 heteroatoms. The molecule has 0 bridgehead atoms. The van der Waals surface area contributed by atoms with Crippen molar-refractivity contribution >= 4 is 27.0 Å². The van der Waals surface area contributed by atoms with Crippen LogP contribution in [0.4, 0.5) is 5.69 Å². The standard InChI is InChI=1S/C19H21NO3S/c1-3-16(17-7-5-4-6-8-17)13-19(21)20-18-11-9-15(10-12-18)14-24(2,22)23/h4-13H,3,14H2,1-2H3,(H,20,21). The molecule has 2 aromatic carbocycles. The van der Waals surface area contributed by atoms with Gasteiger partial charge in [-0.3, -0.25) is 4.79 Å². The van der Waals surface area contributed by atoms with Crippen LogP contribution in [0.5, 0.6) is 0 Å². The maximum atomic E-state index is 12.2. The fraction of sp³-hybridized carbons (Fsp3) is 0.211. The van der Waals surface area contributed by atoms with E-state index in [0.717, 1.165) is 17.6 Å². The van der Waals surface area contributed by atoms with Crippen LogP contribution in [0.25, 0.3) is 5.57 Å². The lowest BCUT2D eigenvalue weighted by Crippen LogP contribution is -2.09. The van der Waals surface area contributed by atoms with E-state index in [1.807, 2.05) is 37.3 Å². The van der Waals surface area contributed by atoms with Crippen LogP contribution in [0.3, 0.4) is 0 Å². The third kappa shape index (κ3) is 5.66. The van der Waals surface area contributed by atoms with E-state index >= 15 is 0 Å². The van der Waals surface area contributed by atoms with Crippen LogP contribution in [-0.4, -0.2) is 20.6 Å². The fourth-order valence-corrected chi connectivity index (χ4v) is 3.16. The average Bonchev–Trinajstić information content (AvgIpc) is 2.54. The van der Waals surface area contributed by atoms with Gasteiger partial charge in [-0.15, -0.1) is 0 Å². The van der Waals surface area contributed by atoms with Crippen molar-refractivity contribution in [2.45, 2.75) is 19.1 Å². The van der Waals surface area contributed by atoms with Gasteiger partial charge in [0.05, 0.1) is 5.75 Å². The smallest absolute Gasteiger partial charge is 0.248 e. The Morgan fingerprint density at radius 3 is 2.21 bits per heavy atom. The number of amides is 1. The van der Waals surface area contributed by atoms with Crippen LogP contribution in [0.1, 0.15) is 24.5 Å². The number of hydrogen-bond donors (Lipinski definition) is 1. The van der Waals surface area contributed by atoms with Crippen molar-refractivity contribution in [1.82, 2.24) is 0 Å². The lowest BCUT2D eigenvalue weighted by Gasteiger charge is -2.07. The molecule has 2 rings (SSSR count). The summed E-state index contributed by atoms with van der Waals surface area (Å²) >= 11 is 0. The quantitative estimate of drug-likeness (QED) is 0.814. The number of anilines is 1. The molecule has 0 saturated heterocycles. The minimum absolute atomic E-state index is 0.00484. The van der Waals surface area contributed by atoms with Gasteiger partial charge in [0.2, 0.25) is 5.91 Å². The summed E-state index contributed by atoms with van der Waals surface area (Å²) in [6, 6.07) is 16.6. The van der Waals surface area contributed by atoms with Crippen LogP contribution < -0.4 is 5.32 Å². The van der Waals surface area contributed by atoms with Crippen molar-refractivity contribution in [1.29, 1.82) is 0 Å².